The molecule has 90 valence electrons. The first-order chi connectivity index (χ1) is 8.77. The van der Waals surface area contributed by atoms with E-state index in [1.807, 2.05) is 48.1 Å². The predicted molar refractivity (Wildman–Crippen MR) is 71.2 cm³/mol. The fourth-order valence-corrected chi connectivity index (χ4v) is 2.32. The van der Waals surface area contributed by atoms with Gasteiger partial charge in [0.05, 0.1) is 0 Å². The molecule has 0 aliphatic heterocycles. The number of hydrogen-bond donors (Lipinski definition) is 1. The molecule has 0 fully saturated rings. The predicted octanol–water partition coefficient (Wildman–Crippen LogP) is 2.66. The second kappa shape index (κ2) is 4.27. The monoisotopic (exact) mass is 238 g/mol. The molecule has 0 amide bonds. The highest BCUT2D eigenvalue weighted by molar-refractivity contribution is 5.84. The third-order valence-corrected chi connectivity index (χ3v) is 3.24. The highest BCUT2D eigenvalue weighted by Crippen LogP contribution is 2.29. The standard InChI is InChI=1S/C15H14N2O/c1-17-10-13(12-4-2-3-5-14(12)17)15(18)11-6-8-16-9-7-11/h2-10,15,18H,1H3. The van der Waals surface area contributed by atoms with E-state index in [0.717, 1.165) is 22.0 Å². The van der Waals surface area contributed by atoms with Crippen LogP contribution in [0.25, 0.3) is 10.9 Å². The number of aryl methyl sites for hydroxylation is 1. The van der Waals surface area contributed by atoms with Crippen molar-refractivity contribution in [3.05, 3.63) is 66.1 Å². The van der Waals surface area contributed by atoms with Gasteiger partial charge in [0.1, 0.15) is 6.10 Å². The summed E-state index contributed by atoms with van der Waals surface area (Å²) in [7, 11) is 1.99. The summed E-state index contributed by atoms with van der Waals surface area (Å²) in [6.45, 7) is 0. The Labute approximate surface area is 105 Å². The van der Waals surface area contributed by atoms with E-state index in [2.05, 4.69) is 11.1 Å². The molecule has 0 saturated carbocycles. The first-order valence-electron chi connectivity index (χ1n) is 5.89. The molecule has 0 spiro atoms. The minimum Gasteiger partial charge on any atom is -0.384 e. The topological polar surface area (TPSA) is 38.0 Å². The Balaban J connectivity index is 2.15. The second-order valence-electron chi connectivity index (χ2n) is 4.40. The zero-order valence-electron chi connectivity index (χ0n) is 10.1. The molecule has 1 aromatic carbocycles. The smallest absolute Gasteiger partial charge is 0.106 e. The molecular formula is C15H14N2O. The van der Waals surface area contributed by atoms with Gasteiger partial charge in [0.2, 0.25) is 0 Å². The molecule has 2 aromatic heterocycles. The maximum Gasteiger partial charge on any atom is 0.106 e. The summed E-state index contributed by atoms with van der Waals surface area (Å²) in [6, 6.07) is 11.8. The lowest BCUT2D eigenvalue weighted by Gasteiger charge is -2.09. The molecule has 1 N–H and O–H groups in total. The Hall–Kier alpha value is -2.13. The Bertz CT molecular complexity index is 673. The lowest BCUT2D eigenvalue weighted by atomic mass is 10.0. The third-order valence-electron chi connectivity index (χ3n) is 3.24. The minimum absolute atomic E-state index is 0.612. The number of para-hydroxylation sites is 1. The third kappa shape index (κ3) is 1.69. The van der Waals surface area contributed by atoms with Crippen molar-refractivity contribution in [3.63, 3.8) is 0 Å². The van der Waals surface area contributed by atoms with Gasteiger partial charge in [-0.2, -0.15) is 0 Å². The summed E-state index contributed by atoms with van der Waals surface area (Å²) in [5.74, 6) is 0. The summed E-state index contributed by atoms with van der Waals surface area (Å²) in [5, 5.41) is 11.5. The van der Waals surface area contributed by atoms with E-state index >= 15 is 0 Å². The van der Waals surface area contributed by atoms with Crippen LogP contribution in [0.15, 0.2) is 55.0 Å². The van der Waals surface area contributed by atoms with Crippen LogP contribution >= 0.6 is 0 Å². The Kier molecular flexibility index (Phi) is 2.61. The zero-order valence-corrected chi connectivity index (χ0v) is 10.1. The van der Waals surface area contributed by atoms with Crippen LogP contribution in [0.4, 0.5) is 0 Å². The van der Waals surface area contributed by atoms with Crippen molar-refractivity contribution in [3.8, 4) is 0 Å². The molecule has 18 heavy (non-hydrogen) atoms. The van der Waals surface area contributed by atoms with Crippen molar-refractivity contribution < 1.29 is 5.11 Å². The van der Waals surface area contributed by atoms with Gasteiger partial charge in [0.15, 0.2) is 0 Å². The van der Waals surface area contributed by atoms with Crippen molar-refractivity contribution >= 4 is 10.9 Å². The lowest BCUT2D eigenvalue weighted by molar-refractivity contribution is 0.221. The van der Waals surface area contributed by atoms with E-state index in [0.29, 0.717) is 0 Å². The number of pyridine rings is 1. The highest BCUT2D eigenvalue weighted by atomic mass is 16.3. The number of nitrogens with zero attached hydrogens (tertiary/aromatic N) is 2. The molecule has 0 saturated heterocycles. The van der Waals surface area contributed by atoms with Gasteiger partial charge in [-0.05, 0) is 23.8 Å². The number of aromatic nitrogens is 2. The minimum atomic E-state index is -0.612. The van der Waals surface area contributed by atoms with Crippen molar-refractivity contribution in [2.75, 3.05) is 0 Å². The fraction of sp³-hybridized carbons (Fsp3) is 0.133. The summed E-state index contributed by atoms with van der Waals surface area (Å²) < 4.78 is 2.04. The van der Waals surface area contributed by atoms with Crippen LogP contribution < -0.4 is 0 Å². The molecule has 2 heterocycles. The largest absolute Gasteiger partial charge is 0.384 e. The molecule has 3 nitrogen and oxygen atoms in total. The van der Waals surface area contributed by atoms with E-state index < -0.39 is 6.10 Å². The number of rotatable bonds is 2. The van der Waals surface area contributed by atoms with Gasteiger partial charge in [-0.1, -0.05) is 18.2 Å². The zero-order chi connectivity index (χ0) is 12.5. The van der Waals surface area contributed by atoms with Gasteiger partial charge in [0, 0.05) is 42.1 Å². The van der Waals surface area contributed by atoms with E-state index in [-0.39, 0.29) is 0 Å². The second-order valence-corrected chi connectivity index (χ2v) is 4.40. The van der Waals surface area contributed by atoms with Gasteiger partial charge in [0.25, 0.3) is 0 Å². The number of benzene rings is 1. The van der Waals surface area contributed by atoms with Crippen molar-refractivity contribution in [2.45, 2.75) is 6.10 Å². The fourth-order valence-electron chi connectivity index (χ4n) is 2.32. The highest BCUT2D eigenvalue weighted by Gasteiger charge is 2.15. The molecule has 0 aliphatic rings. The van der Waals surface area contributed by atoms with Gasteiger partial charge in [-0.3, -0.25) is 4.98 Å². The summed E-state index contributed by atoms with van der Waals surface area (Å²) >= 11 is 0. The Morgan fingerprint density at radius 1 is 1.11 bits per heavy atom. The maximum atomic E-state index is 10.5. The number of hydrogen-bond acceptors (Lipinski definition) is 2. The normalized spacial score (nSPS) is 12.8. The number of aliphatic hydroxyl groups excluding tert-OH is 1. The first-order valence-corrected chi connectivity index (χ1v) is 5.89. The Morgan fingerprint density at radius 3 is 2.61 bits per heavy atom. The quantitative estimate of drug-likeness (QED) is 0.745. The van der Waals surface area contributed by atoms with E-state index in [4.69, 9.17) is 0 Å². The number of aliphatic hydroxyl groups is 1. The van der Waals surface area contributed by atoms with Gasteiger partial charge < -0.3 is 9.67 Å². The van der Waals surface area contributed by atoms with Gasteiger partial charge in [-0.25, -0.2) is 0 Å². The molecule has 1 atom stereocenters. The lowest BCUT2D eigenvalue weighted by Crippen LogP contribution is -1.98. The summed E-state index contributed by atoms with van der Waals surface area (Å²) in [5.41, 5.74) is 2.92. The van der Waals surface area contributed by atoms with E-state index in [1.54, 1.807) is 12.4 Å². The van der Waals surface area contributed by atoms with Crippen molar-refractivity contribution in [1.29, 1.82) is 0 Å². The molecule has 3 heteroatoms. The van der Waals surface area contributed by atoms with Crippen LogP contribution in [0.2, 0.25) is 0 Å². The molecule has 3 aromatic rings. The van der Waals surface area contributed by atoms with Crippen LogP contribution in [0.1, 0.15) is 17.2 Å². The molecule has 3 rings (SSSR count). The average molecular weight is 238 g/mol. The maximum absolute atomic E-state index is 10.5. The average Bonchev–Trinajstić information content (AvgIpc) is 2.77. The first kappa shape index (κ1) is 11.0. The van der Waals surface area contributed by atoms with Crippen LogP contribution in [0, 0.1) is 0 Å². The van der Waals surface area contributed by atoms with Gasteiger partial charge in [-0.15, -0.1) is 0 Å². The number of fused-ring (bicyclic) bond motifs is 1. The molecular weight excluding hydrogens is 224 g/mol. The van der Waals surface area contributed by atoms with Crippen molar-refractivity contribution in [1.82, 2.24) is 9.55 Å². The van der Waals surface area contributed by atoms with Gasteiger partial charge >= 0.3 is 0 Å². The molecule has 0 bridgehead atoms. The summed E-state index contributed by atoms with van der Waals surface area (Å²) in [4.78, 5) is 3.97. The molecule has 0 aliphatic carbocycles. The van der Waals surface area contributed by atoms with Crippen LogP contribution in [-0.4, -0.2) is 14.7 Å². The summed E-state index contributed by atoms with van der Waals surface area (Å²) in [6.07, 6.45) is 4.77. The molecule has 1 unspecified atom stereocenters. The van der Waals surface area contributed by atoms with Crippen LogP contribution in [-0.2, 0) is 7.05 Å². The van der Waals surface area contributed by atoms with Crippen LogP contribution in [0.3, 0.4) is 0 Å². The van der Waals surface area contributed by atoms with E-state index in [9.17, 15) is 5.11 Å². The van der Waals surface area contributed by atoms with E-state index in [1.165, 1.54) is 0 Å². The molecule has 0 radical (unpaired) electrons. The SMILES string of the molecule is Cn1cc(C(O)c2ccncc2)c2ccccc21. The van der Waals surface area contributed by atoms with Crippen LogP contribution in [0.5, 0.6) is 0 Å². The Morgan fingerprint density at radius 2 is 1.83 bits per heavy atom. The van der Waals surface area contributed by atoms with Crippen molar-refractivity contribution in [2.24, 2.45) is 7.05 Å².